The van der Waals surface area contributed by atoms with Crippen LogP contribution in [0.15, 0.2) is 12.1 Å². The molecule has 2 rings (SSSR count). The summed E-state index contributed by atoms with van der Waals surface area (Å²) in [5.41, 5.74) is 2.69. The van der Waals surface area contributed by atoms with Gasteiger partial charge >= 0.3 is 0 Å². The van der Waals surface area contributed by atoms with E-state index in [1.807, 2.05) is 6.07 Å². The lowest BCUT2D eigenvalue weighted by Crippen LogP contribution is -2.30. The summed E-state index contributed by atoms with van der Waals surface area (Å²) in [7, 11) is 3.40. The molecular weight excluding hydrogens is 214 g/mol. The van der Waals surface area contributed by atoms with Gasteiger partial charge in [0.1, 0.15) is 0 Å². The van der Waals surface area contributed by atoms with Crippen LogP contribution in [0.2, 0.25) is 0 Å². The average Bonchev–Trinajstić information content (AvgIpc) is 2.77. The number of nitrogens with one attached hydrogen (secondary N) is 1. The first-order valence-electron chi connectivity index (χ1n) is 6.26. The van der Waals surface area contributed by atoms with Gasteiger partial charge in [0.2, 0.25) is 0 Å². The molecule has 1 aromatic rings. The van der Waals surface area contributed by atoms with Crippen molar-refractivity contribution in [1.82, 2.24) is 5.32 Å². The van der Waals surface area contributed by atoms with Crippen molar-refractivity contribution in [3.05, 3.63) is 23.3 Å². The second kappa shape index (κ2) is 5.41. The maximum absolute atomic E-state index is 5.48. The third-order valence-corrected chi connectivity index (χ3v) is 3.35. The Morgan fingerprint density at radius 3 is 2.71 bits per heavy atom. The van der Waals surface area contributed by atoms with Gasteiger partial charge in [0.15, 0.2) is 11.5 Å². The second-order valence-corrected chi connectivity index (χ2v) is 4.50. The van der Waals surface area contributed by atoms with Crippen molar-refractivity contribution in [2.24, 2.45) is 0 Å². The number of hydrogen-bond acceptors (Lipinski definition) is 3. The van der Waals surface area contributed by atoms with E-state index in [0.717, 1.165) is 30.9 Å². The van der Waals surface area contributed by atoms with E-state index in [9.17, 15) is 0 Å². The zero-order valence-corrected chi connectivity index (χ0v) is 10.9. The first-order valence-corrected chi connectivity index (χ1v) is 6.26. The Labute approximate surface area is 103 Å². The maximum Gasteiger partial charge on any atom is 0.164 e. The Balaban J connectivity index is 2.19. The fraction of sp³-hybridized carbons (Fsp3) is 0.571. The van der Waals surface area contributed by atoms with Crippen LogP contribution in [0, 0.1) is 0 Å². The summed E-state index contributed by atoms with van der Waals surface area (Å²) in [6.45, 7) is 3.27. The van der Waals surface area contributed by atoms with Crippen molar-refractivity contribution in [3.63, 3.8) is 0 Å². The van der Waals surface area contributed by atoms with Crippen LogP contribution < -0.4 is 14.8 Å². The quantitative estimate of drug-likeness (QED) is 0.848. The predicted molar refractivity (Wildman–Crippen MR) is 69.0 cm³/mol. The van der Waals surface area contributed by atoms with Gasteiger partial charge in [-0.3, -0.25) is 0 Å². The summed E-state index contributed by atoms with van der Waals surface area (Å²) in [4.78, 5) is 0. The highest BCUT2D eigenvalue weighted by atomic mass is 16.5. The number of benzene rings is 1. The lowest BCUT2D eigenvalue weighted by molar-refractivity contribution is 0.351. The fourth-order valence-electron chi connectivity index (χ4n) is 2.52. The Morgan fingerprint density at radius 1 is 1.24 bits per heavy atom. The van der Waals surface area contributed by atoms with Crippen LogP contribution in [0.25, 0.3) is 0 Å². The molecule has 1 unspecified atom stereocenters. The predicted octanol–water partition coefficient (Wildman–Crippen LogP) is 2.17. The van der Waals surface area contributed by atoms with Crippen LogP contribution in [0.4, 0.5) is 0 Å². The van der Waals surface area contributed by atoms with Crippen LogP contribution in [0.1, 0.15) is 24.5 Å². The van der Waals surface area contributed by atoms with E-state index in [1.54, 1.807) is 14.2 Å². The molecule has 0 heterocycles. The van der Waals surface area contributed by atoms with Gasteiger partial charge in [-0.25, -0.2) is 0 Å². The summed E-state index contributed by atoms with van der Waals surface area (Å²) < 4.78 is 10.8. The van der Waals surface area contributed by atoms with E-state index >= 15 is 0 Å². The smallest absolute Gasteiger partial charge is 0.164 e. The van der Waals surface area contributed by atoms with Crippen molar-refractivity contribution in [3.8, 4) is 11.5 Å². The number of methoxy groups -OCH3 is 2. The van der Waals surface area contributed by atoms with Crippen molar-refractivity contribution in [1.29, 1.82) is 0 Å². The first-order chi connectivity index (χ1) is 8.30. The first kappa shape index (κ1) is 12.2. The molecule has 1 N–H and O–H groups in total. The Hall–Kier alpha value is -1.22. The molecule has 3 nitrogen and oxygen atoms in total. The van der Waals surface area contributed by atoms with Crippen LogP contribution in [-0.4, -0.2) is 26.8 Å². The van der Waals surface area contributed by atoms with E-state index in [0.29, 0.717) is 6.04 Å². The Kier molecular flexibility index (Phi) is 3.89. The molecule has 1 aromatic carbocycles. The molecule has 1 atom stereocenters. The van der Waals surface area contributed by atoms with Crippen LogP contribution in [0.5, 0.6) is 11.5 Å². The van der Waals surface area contributed by atoms with Gasteiger partial charge in [-0.05, 0) is 37.4 Å². The standard InChI is InChI=1S/C14H21NO2/c1-4-7-15-11-8-10-5-6-13(16-2)14(17-3)12(10)9-11/h5-6,11,15H,4,7-9H2,1-3H3. The van der Waals surface area contributed by atoms with Gasteiger partial charge in [0.25, 0.3) is 0 Å². The molecule has 0 fully saturated rings. The SMILES string of the molecule is CCCNC1Cc2ccc(OC)c(OC)c2C1. The molecular formula is C14H21NO2. The molecule has 0 amide bonds. The monoisotopic (exact) mass is 235 g/mol. The molecule has 17 heavy (non-hydrogen) atoms. The molecule has 0 radical (unpaired) electrons. The van der Waals surface area contributed by atoms with Gasteiger partial charge in [-0.15, -0.1) is 0 Å². The van der Waals surface area contributed by atoms with Crippen molar-refractivity contribution in [2.75, 3.05) is 20.8 Å². The van der Waals surface area contributed by atoms with Crippen molar-refractivity contribution >= 4 is 0 Å². The summed E-state index contributed by atoms with van der Waals surface area (Å²) >= 11 is 0. The van der Waals surface area contributed by atoms with E-state index < -0.39 is 0 Å². The second-order valence-electron chi connectivity index (χ2n) is 4.50. The number of fused-ring (bicyclic) bond motifs is 1. The van der Waals surface area contributed by atoms with Gasteiger partial charge in [-0.1, -0.05) is 13.0 Å². The topological polar surface area (TPSA) is 30.5 Å². The van der Waals surface area contributed by atoms with Gasteiger partial charge < -0.3 is 14.8 Å². The summed E-state index contributed by atoms with van der Waals surface area (Å²) in [5, 5.41) is 3.57. The molecule has 0 saturated carbocycles. The highest BCUT2D eigenvalue weighted by Crippen LogP contribution is 2.38. The average molecular weight is 235 g/mol. The van der Waals surface area contributed by atoms with E-state index in [1.165, 1.54) is 17.5 Å². The lowest BCUT2D eigenvalue weighted by Gasteiger charge is -2.12. The number of hydrogen-bond donors (Lipinski definition) is 1. The van der Waals surface area contributed by atoms with Gasteiger partial charge in [0, 0.05) is 11.6 Å². The Bertz CT molecular complexity index is 390. The minimum atomic E-state index is 0.547. The van der Waals surface area contributed by atoms with Crippen LogP contribution >= 0.6 is 0 Å². The summed E-state index contributed by atoms with van der Waals surface area (Å²) in [6.07, 6.45) is 3.30. The number of ether oxygens (including phenoxy) is 2. The summed E-state index contributed by atoms with van der Waals surface area (Å²) in [5.74, 6) is 1.74. The zero-order valence-electron chi connectivity index (χ0n) is 10.9. The van der Waals surface area contributed by atoms with E-state index in [2.05, 4.69) is 18.3 Å². The molecule has 1 aliphatic carbocycles. The normalized spacial score (nSPS) is 17.9. The largest absolute Gasteiger partial charge is 0.493 e. The minimum absolute atomic E-state index is 0.547. The summed E-state index contributed by atoms with van der Waals surface area (Å²) in [6, 6.07) is 4.70. The molecule has 0 bridgehead atoms. The van der Waals surface area contributed by atoms with Crippen LogP contribution in [0.3, 0.4) is 0 Å². The molecule has 3 heteroatoms. The lowest BCUT2D eigenvalue weighted by atomic mass is 10.1. The highest BCUT2D eigenvalue weighted by molar-refractivity contribution is 5.53. The van der Waals surface area contributed by atoms with E-state index in [-0.39, 0.29) is 0 Å². The molecule has 0 aliphatic heterocycles. The van der Waals surface area contributed by atoms with Crippen LogP contribution in [-0.2, 0) is 12.8 Å². The molecule has 0 aromatic heterocycles. The third-order valence-electron chi connectivity index (χ3n) is 3.35. The highest BCUT2D eigenvalue weighted by Gasteiger charge is 2.25. The van der Waals surface area contributed by atoms with Crippen molar-refractivity contribution in [2.45, 2.75) is 32.2 Å². The van der Waals surface area contributed by atoms with E-state index in [4.69, 9.17) is 9.47 Å². The Morgan fingerprint density at radius 2 is 2.06 bits per heavy atom. The fourth-order valence-corrected chi connectivity index (χ4v) is 2.52. The minimum Gasteiger partial charge on any atom is -0.493 e. The molecule has 1 aliphatic rings. The third kappa shape index (κ3) is 2.39. The molecule has 0 spiro atoms. The molecule has 94 valence electrons. The molecule has 0 saturated heterocycles. The van der Waals surface area contributed by atoms with Gasteiger partial charge in [0.05, 0.1) is 14.2 Å². The van der Waals surface area contributed by atoms with Gasteiger partial charge in [-0.2, -0.15) is 0 Å². The number of rotatable bonds is 5. The maximum atomic E-state index is 5.48. The van der Waals surface area contributed by atoms with Crippen molar-refractivity contribution < 1.29 is 9.47 Å². The zero-order chi connectivity index (χ0) is 12.3.